The maximum atomic E-state index is 11.1. The van der Waals surface area contributed by atoms with Crippen LogP contribution in [-0.2, 0) is 9.13 Å². The lowest BCUT2D eigenvalue weighted by Crippen LogP contribution is -2.33. The van der Waals surface area contributed by atoms with Crippen LogP contribution in [0.2, 0.25) is 0 Å². The van der Waals surface area contributed by atoms with E-state index in [0.29, 0.717) is 0 Å². The van der Waals surface area contributed by atoms with Crippen LogP contribution in [0.15, 0.2) is 0 Å². The molecule has 9 nitrogen and oxygen atoms in total. The summed E-state index contributed by atoms with van der Waals surface area (Å²) in [6.45, 7) is -0.115. The van der Waals surface area contributed by atoms with Crippen LogP contribution in [0.4, 0.5) is 0 Å². The van der Waals surface area contributed by atoms with Gasteiger partial charge in [-0.3, -0.25) is 9.13 Å². The van der Waals surface area contributed by atoms with E-state index in [4.69, 9.17) is 30.7 Å². The highest BCUT2D eigenvalue weighted by molar-refractivity contribution is 7.72. The average Bonchev–Trinajstić information content (AvgIpc) is 2.20. The minimum absolute atomic E-state index is 0.115. The fourth-order valence-corrected chi connectivity index (χ4v) is 3.77. The van der Waals surface area contributed by atoms with Crippen LogP contribution in [0, 0.1) is 11.3 Å². The number of hydrogen-bond donors (Lipinski definition) is 7. The fraction of sp³-hybridized carbons (Fsp3) is 0.857. The highest BCUT2D eigenvalue weighted by Crippen LogP contribution is 2.69. The lowest BCUT2D eigenvalue weighted by molar-refractivity contribution is 0.106. The summed E-state index contributed by atoms with van der Waals surface area (Å²) in [5.41, 5.74) is 5.32. The number of aliphatic hydroxyl groups is 1. The van der Waals surface area contributed by atoms with E-state index in [1.54, 1.807) is 0 Å². The summed E-state index contributed by atoms with van der Waals surface area (Å²) < 4.78 is 22.2. The SMILES string of the molecule is N=CCCC(CN)CC(O)(P(=O)(O)O)P(=O)(O)O. The standard InChI is InChI=1S/C7H18N2O7P2/c8-3-1-2-6(5-9)4-7(10,17(11,12)13)18(14,15)16/h3,6,8,10H,1-2,4-5,9H2,(H2,11,12,13)(H2,14,15,16). The quantitative estimate of drug-likeness (QED) is 0.228. The van der Waals surface area contributed by atoms with Crippen LogP contribution >= 0.6 is 15.2 Å². The molecule has 11 heteroatoms. The second kappa shape index (κ2) is 6.36. The van der Waals surface area contributed by atoms with Crippen LogP contribution in [0.25, 0.3) is 0 Å². The minimum atomic E-state index is -5.43. The van der Waals surface area contributed by atoms with E-state index in [2.05, 4.69) is 0 Å². The van der Waals surface area contributed by atoms with Crippen molar-refractivity contribution in [2.75, 3.05) is 6.54 Å². The molecule has 0 aliphatic carbocycles. The van der Waals surface area contributed by atoms with Gasteiger partial charge in [0.25, 0.3) is 5.08 Å². The summed E-state index contributed by atoms with van der Waals surface area (Å²) in [5, 5.41) is 13.0. The van der Waals surface area contributed by atoms with Crippen LogP contribution in [0.3, 0.4) is 0 Å². The minimum Gasteiger partial charge on any atom is -0.368 e. The number of nitrogens with two attached hydrogens (primary N) is 1. The van der Waals surface area contributed by atoms with E-state index < -0.39 is 32.6 Å². The molecule has 1 atom stereocenters. The molecule has 0 saturated carbocycles. The molecule has 0 aromatic rings. The normalized spacial score (nSPS) is 15.4. The molecule has 0 rings (SSSR count). The zero-order valence-corrected chi connectivity index (χ0v) is 11.3. The predicted octanol–water partition coefficient (Wildman–Crippen LogP) is -0.617. The van der Waals surface area contributed by atoms with E-state index in [0.717, 1.165) is 6.21 Å². The molecule has 0 aromatic carbocycles. The van der Waals surface area contributed by atoms with Gasteiger partial charge in [0.1, 0.15) is 0 Å². The summed E-state index contributed by atoms with van der Waals surface area (Å²) >= 11 is 0. The molecule has 0 saturated heterocycles. The fourth-order valence-electron chi connectivity index (χ4n) is 1.42. The number of nitrogens with one attached hydrogen (secondary N) is 1. The molecule has 0 heterocycles. The Balaban J connectivity index is 5.20. The Morgan fingerprint density at radius 2 is 1.67 bits per heavy atom. The van der Waals surface area contributed by atoms with Gasteiger partial charge in [-0.1, -0.05) is 0 Å². The maximum absolute atomic E-state index is 11.1. The predicted molar refractivity (Wildman–Crippen MR) is 64.2 cm³/mol. The van der Waals surface area contributed by atoms with Gasteiger partial charge in [0, 0.05) is 6.42 Å². The summed E-state index contributed by atoms with van der Waals surface area (Å²) in [5.74, 6) is -0.711. The highest BCUT2D eigenvalue weighted by Gasteiger charge is 2.59. The van der Waals surface area contributed by atoms with Crippen molar-refractivity contribution in [2.45, 2.75) is 24.3 Å². The molecule has 0 amide bonds. The molecular formula is C7H18N2O7P2. The van der Waals surface area contributed by atoms with Gasteiger partial charge in [0.15, 0.2) is 0 Å². The lowest BCUT2D eigenvalue weighted by atomic mass is 10.0. The van der Waals surface area contributed by atoms with Gasteiger partial charge in [0.2, 0.25) is 0 Å². The van der Waals surface area contributed by atoms with Crippen molar-refractivity contribution in [3.63, 3.8) is 0 Å². The second-order valence-corrected chi connectivity index (χ2v) is 7.96. The lowest BCUT2D eigenvalue weighted by Gasteiger charge is -2.32. The first kappa shape index (κ1) is 17.9. The van der Waals surface area contributed by atoms with Crippen molar-refractivity contribution < 1.29 is 33.8 Å². The molecule has 0 radical (unpaired) electrons. The van der Waals surface area contributed by atoms with Crippen LogP contribution in [0.1, 0.15) is 19.3 Å². The number of hydrogen-bond acceptors (Lipinski definition) is 5. The first-order valence-electron chi connectivity index (χ1n) is 5.02. The molecular weight excluding hydrogens is 286 g/mol. The van der Waals surface area contributed by atoms with Crippen molar-refractivity contribution in [3.05, 3.63) is 0 Å². The van der Waals surface area contributed by atoms with Gasteiger partial charge in [-0.05, 0) is 31.5 Å². The van der Waals surface area contributed by atoms with E-state index >= 15 is 0 Å². The van der Waals surface area contributed by atoms with Crippen molar-refractivity contribution in [2.24, 2.45) is 11.7 Å². The maximum Gasteiger partial charge on any atom is 0.369 e. The summed E-state index contributed by atoms with van der Waals surface area (Å²) in [4.78, 5) is 35.7. The third-order valence-electron chi connectivity index (χ3n) is 2.55. The van der Waals surface area contributed by atoms with Crippen molar-refractivity contribution in [1.82, 2.24) is 0 Å². The van der Waals surface area contributed by atoms with Crippen molar-refractivity contribution >= 4 is 21.4 Å². The molecule has 8 N–H and O–H groups in total. The molecule has 1 unspecified atom stereocenters. The van der Waals surface area contributed by atoms with Gasteiger partial charge in [0.05, 0.1) is 0 Å². The molecule has 18 heavy (non-hydrogen) atoms. The molecule has 0 aromatic heterocycles. The molecule has 0 aliphatic heterocycles. The first-order chi connectivity index (χ1) is 7.99. The highest BCUT2D eigenvalue weighted by atomic mass is 31.2. The monoisotopic (exact) mass is 304 g/mol. The smallest absolute Gasteiger partial charge is 0.368 e. The zero-order valence-electron chi connectivity index (χ0n) is 9.51. The van der Waals surface area contributed by atoms with E-state index in [9.17, 15) is 14.2 Å². The zero-order chi connectivity index (χ0) is 14.6. The van der Waals surface area contributed by atoms with Gasteiger partial charge < -0.3 is 35.8 Å². The Morgan fingerprint density at radius 3 is 1.94 bits per heavy atom. The molecule has 0 fully saturated rings. The first-order valence-corrected chi connectivity index (χ1v) is 8.24. The average molecular weight is 304 g/mol. The van der Waals surface area contributed by atoms with E-state index in [1.165, 1.54) is 0 Å². The Labute approximate surface area is 104 Å². The Kier molecular flexibility index (Phi) is 6.32. The summed E-state index contributed by atoms with van der Waals surface area (Å²) in [7, 11) is -10.9. The van der Waals surface area contributed by atoms with Gasteiger partial charge >= 0.3 is 15.2 Å². The number of rotatable bonds is 8. The molecule has 108 valence electrons. The largest absolute Gasteiger partial charge is 0.369 e. The van der Waals surface area contributed by atoms with Gasteiger partial charge in [-0.2, -0.15) is 0 Å². The van der Waals surface area contributed by atoms with Crippen LogP contribution in [0.5, 0.6) is 0 Å². The van der Waals surface area contributed by atoms with E-state index in [1.807, 2.05) is 0 Å². The molecule has 0 spiro atoms. The summed E-state index contributed by atoms with van der Waals surface area (Å²) in [6, 6.07) is 0. The van der Waals surface area contributed by atoms with Gasteiger partial charge in [-0.15, -0.1) is 0 Å². The second-order valence-electron chi connectivity index (χ2n) is 3.95. The third kappa shape index (κ3) is 4.22. The topological polar surface area (TPSA) is 185 Å². The van der Waals surface area contributed by atoms with Crippen molar-refractivity contribution in [3.8, 4) is 0 Å². The molecule has 0 bridgehead atoms. The Morgan fingerprint density at radius 1 is 1.22 bits per heavy atom. The van der Waals surface area contributed by atoms with Crippen LogP contribution < -0.4 is 5.73 Å². The van der Waals surface area contributed by atoms with Crippen molar-refractivity contribution in [1.29, 1.82) is 5.41 Å². The third-order valence-corrected chi connectivity index (χ3v) is 6.34. The molecule has 0 aliphatic rings. The van der Waals surface area contributed by atoms with E-state index in [-0.39, 0.29) is 19.4 Å². The Bertz CT molecular complexity index is 354. The summed E-state index contributed by atoms with van der Waals surface area (Å²) in [6.07, 6.45) is 0.644. The Hall–Kier alpha value is -0.110. The van der Waals surface area contributed by atoms with Gasteiger partial charge in [-0.25, -0.2) is 0 Å². The van der Waals surface area contributed by atoms with Crippen LogP contribution in [-0.4, -0.2) is 42.5 Å².